The zero-order valence-corrected chi connectivity index (χ0v) is 13.8. The maximum atomic E-state index is 13.2. The standard InChI is InChI=1S/C17H17FN4OS/c18-12-6-7-13-11(8-12)9-14(19-13)15(23)20-17-22-21-16(24-17)10-4-2-1-3-5-10/h6-10,19H,1-5H2,(H,20,22,23). The Bertz CT molecular complexity index is 882. The first kappa shape index (κ1) is 15.3. The molecule has 0 atom stereocenters. The van der Waals surface area contributed by atoms with Crippen molar-refractivity contribution >= 4 is 33.3 Å². The predicted molar refractivity (Wildman–Crippen MR) is 91.9 cm³/mol. The minimum Gasteiger partial charge on any atom is -0.351 e. The molecule has 2 aromatic heterocycles. The third-order valence-corrected chi connectivity index (χ3v) is 5.44. The van der Waals surface area contributed by atoms with Crippen LogP contribution in [0.2, 0.25) is 0 Å². The van der Waals surface area contributed by atoms with E-state index in [2.05, 4.69) is 20.5 Å². The Labute approximate surface area is 142 Å². The summed E-state index contributed by atoms with van der Waals surface area (Å²) in [5.74, 6) is -0.148. The molecule has 1 aromatic carbocycles. The molecule has 0 unspecified atom stereocenters. The van der Waals surface area contributed by atoms with Crippen molar-refractivity contribution in [2.45, 2.75) is 38.0 Å². The fourth-order valence-corrected chi connectivity index (χ4v) is 4.10. The van der Waals surface area contributed by atoms with Crippen molar-refractivity contribution in [1.82, 2.24) is 15.2 Å². The zero-order valence-electron chi connectivity index (χ0n) is 13.0. The lowest BCUT2D eigenvalue weighted by Gasteiger charge is -2.18. The van der Waals surface area contributed by atoms with Gasteiger partial charge in [-0.05, 0) is 37.1 Å². The first-order valence-electron chi connectivity index (χ1n) is 8.12. The largest absolute Gasteiger partial charge is 0.351 e. The number of rotatable bonds is 3. The number of benzene rings is 1. The molecule has 1 aliphatic carbocycles. The van der Waals surface area contributed by atoms with Gasteiger partial charge < -0.3 is 4.98 Å². The van der Waals surface area contributed by atoms with Crippen LogP contribution < -0.4 is 5.32 Å². The van der Waals surface area contributed by atoms with Crippen molar-refractivity contribution in [3.63, 3.8) is 0 Å². The van der Waals surface area contributed by atoms with E-state index < -0.39 is 0 Å². The molecule has 124 valence electrons. The van der Waals surface area contributed by atoms with Crippen LogP contribution in [-0.2, 0) is 0 Å². The van der Waals surface area contributed by atoms with E-state index in [0.29, 0.717) is 22.1 Å². The van der Waals surface area contributed by atoms with Gasteiger partial charge in [0.2, 0.25) is 5.13 Å². The number of fused-ring (bicyclic) bond motifs is 1. The van der Waals surface area contributed by atoms with Crippen LogP contribution in [-0.4, -0.2) is 21.1 Å². The maximum Gasteiger partial charge on any atom is 0.273 e. The molecule has 2 heterocycles. The number of H-pyrrole nitrogens is 1. The summed E-state index contributed by atoms with van der Waals surface area (Å²) in [6.45, 7) is 0. The van der Waals surface area contributed by atoms with Crippen LogP contribution in [0.5, 0.6) is 0 Å². The van der Waals surface area contributed by atoms with Gasteiger partial charge in [0.1, 0.15) is 16.5 Å². The number of hydrogen-bond donors (Lipinski definition) is 2. The predicted octanol–water partition coefficient (Wildman–Crippen LogP) is 4.46. The van der Waals surface area contributed by atoms with Crippen LogP contribution >= 0.6 is 11.3 Å². The van der Waals surface area contributed by atoms with Gasteiger partial charge in [0.15, 0.2) is 0 Å². The molecule has 7 heteroatoms. The van der Waals surface area contributed by atoms with Crippen LogP contribution in [0.15, 0.2) is 24.3 Å². The molecule has 0 saturated heterocycles. The Morgan fingerprint density at radius 1 is 1.21 bits per heavy atom. The number of hydrogen-bond acceptors (Lipinski definition) is 4. The third kappa shape index (κ3) is 3.03. The molecule has 0 spiro atoms. The Hall–Kier alpha value is -2.28. The molecule has 1 saturated carbocycles. The molecular formula is C17H17FN4OS. The second-order valence-corrected chi connectivity index (χ2v) is 7.16. The number of aromatic amines is 1. The molecule has 4 rings (SSSR count). The minimum absolute atomic E-state index is 0.294. The van der Waals surface area contributed by atoms with Crippen molar-refractivity contribution in [1.29, 1.82) is 0 Å². The van der Waals surface area contributed by atoms with Crippen molar-refractivity contribution in [2.75, 3.05) is 5.32 Å². The topological polar surface area (TPSA) is 70.7 Å². The van der Waals surface area contributed by atoms with E-state index in [1.807, 2.05) is 0 Å². The number of nitrogens with one attached hydrogen (secondary N) is 2. The van der Waals surface area contributed by atoms with Gasteiger partial charge in [0.05, 0.1) is 0 Å². The van der Waals surface area contributed by atoms with Gasteiger partial charge in [-0.15, -0.1) is 10.2 Å². The van der Waals surface area contributed by atoms with E-state index in [9.17, 15) is 9.18 Å². The van der Waals surface area contributed by atoms with Crippen LogP contribution in [0.25, 0.3) is 10.9 Å². The monoisotopic (exact) mass is 344 g/mol. The van der Waals surface area contributed by atoms with Gasteiger partial charge in [-0.2, -0.15) is 0 Å². The van der Waals surface area contributed by atoms with Gasteiger partial charge in [0.25, 0.3) is 5.91 Å². The summed E-state index contributed by atoms with van der Waals surface area (Å²) in [6, 6.07) is 6.01. The lowest BCUT2D eigenvalue weighted by molar-refractivity contribution is 0.102. The van der Waals surface area contributed by atoms with E-state index in [1.165, 1.54) is 42.7 Å². The second-order valence-electron chi connectivity index (χ2n) is 6.15. The van der Waals surface area contributed by atoms with Gasteiger partial charge >= 0.3 is 0 Å². The van der Waals surface area contributed by atoms with E-state index in [1.54, 1.807) is 12.1 Å². The number of anilines is 1. The first-order valence-corrected chi connectivity index (χ1v) is 8.94. The lowest BCUT2D eigenvalue weighted by atomic mass is 9.90. The average molecular weight is 344 g/mol. The number of amides is 1. The zero-order chi connectivity index (χ0) is 16.5. The van der Waals surface area contributed by atoms with Gasteiger partial charge in [-0.1, -0.05) is 30.6 Å². The Kier molecular flexibility index (Phi) is 4.02. The second kappa shape index (κ2) is 6.32. The highest BCUT2D eigenvalue weighted by atomic mass is 32.1. The molecule has 5 nitrogen and oxygen atoms in total. The third-order valence-electron chi connectivity index (χ3n) is 4.44. The smallest absolute Gasteiger partial charge is 0.273 e. The molecule has 24 heavy (non-hydrogen) atoms. The number of aromatic nitrogens is 3. The highest BCUT2D eigenvalue weighted by Gasteiger charge is 2.20. The molecule has 0 radical (unpaired) electrons. The summed E-state index contributed by atoms with van der Waals surface area (Å²) < 4.78 is 13.2. The Morgan fingerprint density at radius 2 is 2.04 bits per heavy atom. The van der Waals surface area contributed by atoms with Crippen molar-refractivity contribution < 1.29 is 9.18 Å². The number of carbonyl (C=O) groups is 1. The highest BCUT2D eigenvalue weighted by Crippen LogP contribution is 2.35. The van der Waals surface area contributed by atoms with E-state index in [-0.39, 0.29) is 11.7 Å². The van der Waals surface area contributed by atoms with Crippen LogP contribution in [0.1, 0.15) is 53.5 Å². The molecule has 0 aliphatic heterocycles. The molecule has 1 amide bonds. The number of halogens is 1. The summed E-state index contributed by atoms with van der Waals surface area (Å²) in [7, 11) is 0. The average Bonchev–Trinajstić information content (AvgIpc) is 3.22. The van der Waals surface area contributed by atoms with E-state index >= 15 is 0 Å². The van der Waals surface area contributed by atoms with Crippen LogP contribution in [0.3, 0.4) is 0 Å². The van der Waals surface area contributed by atoms with Gasteiger partial charge in [0, 0.05) is 16.8 Å². The number of nitrogens with zero attached hydrogens (tertiary/aromatic N) is 2. The fourth-order valence-electron chi connectivity index (χ4n) is 3.19. The lowest BCUT2D eigenvalue weighted by Crippen LogP contribution is -2.11. The van der Waals surface area contributed by atoms with E-state index in [4.69, 9.17) is 0 Å². The molecule has 0 bridgehead atoms. The summed E-state index contributed by atoms with van der Waals surface area (Å²) in [5.41, 5.74) is 1.10. The summed E-state index contributed by atoms with van der Waals surface area (Å²) >= 11 is 1.44. The van der Waals surface area contributed by atoms with Crippen molar-refractivity contribution in [3.05, 3.63) is 40.8 Å². The Balaban J connectivity index is 1.49. The normalized spacial score (nSPS) is 15.7. The van der Waals surface area contributed by atoms with Crippen molar-refractivity contribution in [3.8, 4) is 0 Å². The summed E-state index contributed by atoms with van der Waals surface area (Å²) in [5, 5.41) is 13.3. The van der Waals surface area contributed by atoms with E-state index in [0.717, 1.165) is 23.4 Å². The minimum atomic E-state index is -0.324. The molecular weight excluding hydrogens is 327 g/mol. The van der Waals surface area contributed by atoms with Gasteiger partial charge in [-0.3, -0.25) is 10.1 Å². The Morgan fingerprint density at radius 3 is 2.88 bits per heavy atom. The quantitative estimate of drug-likeness (QED) is 0.737. The number of carbonyl (C=O) groups excluding carboxylic acids is 1. The molecule has 3 aromatic rings. The molecule has 1 aliphatic rings. The summed E-state index contributed by atoms with van der Waals surface area (Å²) in [4.78, 5) is 15.3. The van der Waals surface area contributed by atoms with Crippen LogP contribution in [0.4, 0.5) is 9.52 Å². The highest BCUT2D eigenvalue weighted by molar-refractivity contribution is 7.15. The summed E-state index contributed by atoms with van der Waals surface area (Å²) in [6.07, 6.45) is 6.06. The maximum absolute atomic E-state index is 13.2. The fraction of sp³-hybridized carbons (Fsp3) is 0.353. The SMILES string of the molecule is O=C(Nc1nnc(C2CCCCC2)s1)c1cc2cc(F)ccc2[nH]1. The van der Waals surface area contributed by atoms with Gasteiger partial charge in [-0.25, -0.2) is 4.39 Å². The molecule has 2 N–H and O–H groups in total. The molecule has 1 fully saturated rings. The van der Waals surface area contributed by atoms with Crippen molar-refractivity contribution in [2.24, 2.45) is 0 Å². The first-order chi connectivity index (χ1) is 11.7. The van der Waals surface area contributed by atoms with Crippen LogP contribution in [0, 0.1) is 5.82 Å².